The second-order valence-corrected chi connectivity index (χ2v) is 9.40. The highest BCUT2D eigenvalue weighted by Gasteiger charge is 2.54. The van der Waals surface area contributed by atoms with Gasteiger partial charge in [0, 0.05) is 12.4 Å². The quantitative estimate of drug-likeness (QED) is 0.736. The highest BCUT2D eigenvalue weighted by molar-refractivity contribution is 6.05. The fourth-order valence-electron chi connectivity index (χ4n) is 6.64. The number of ether oxygens (including phenoxy) is 1. The van der Waals surface area contributed by atoms with E-state index in [0.29, 0.717) is 17.1 Å². The van der Waals surface area contributed by atoms with Crippen LogP contribution in [0, 0.1) is 23.2 Å². The van der Waals surface area contributed by atoms with Crippen molar-refractivity contribution in [1.29, 1.82) is 0 Å². The molecule has 0 unspecified atom stereocenters. The number of hydrogen-bond donors (Lipinski definition) is 1. The maximum atomic E-state index is 13.3. The lowest BCUT2D eigenvalue weighted by atomic mass is 9.49. The zero-order valence-electron chi connectivity index (χ0n) is 16.8. The second kappa shape index (κ2) is 5.90. The van der Waals surface area contributed by atoms with E-state index < -0.39 is 0 Å². The smallest absolute Gasteiger partial charge is 0.251 e. The Bertz CT molecular complexity index is 1120. The van der Waals surface area contributed by atoms with Gasteiger partial charge in [-0.2, -0.15) is 4.98 Å². The summed E-state index contributed by atoms with van der Waals surface area (Å²) in [6, 6.07) is 5.86. The van der Waals surface area contributed by atoms with Gasteiger partial charge >= 0.3 is 0 Å². The summed E-state index contributed by atoms with van der Waals surface area (Å²) in [7, 11) is 3.60. The molecule has 1 aromatic carbocycles. The number of anilines is 1. The summed E-state index contributed by atoms with van der Waals surface area (Å²) in [5, 5.41) is 12.6. The highest BCUT2D eigenvalue weighted by Crippen LogP contribution is 2.60. The van der Waals surface area contributed by atoms with E-state index in [1.807, 2.05) is 29.8 Å². The molecule has 4 fully saturated rings. The van der Waals surface area contributed by atoms with Crippen LogP contribution in [0.5, 0.6) is 5.75 Å². The summed E-state index contributed by atoms with van der Waals surface area (Å²) < 4.78 is 7.32. The van der Waals surface area contributed by atoms with Gasteiger partial charge in [-0.1, -0.05) is 0 Å². The first kappa shape index (κ1) is 17.2. The average Bonchev–Trinajstić information content (AvgIpc) is 2.98. The molecular weight excluding hydrogens is 366 g/mol. The van der Waals surface area contributed by atoms with Gasteiger partial charge in [-0.25, -0.2) is 0 Å². The van der Waals surface area contributed by atoms with Crippen LogP contribution < -0.4 is 10.1 Å². The monoisotopic (exact) mass is 391 g/mol. The molecule has 0 saturated heterocycles. The molecule has 1 amide bonds. The predicted molar refractivity (Wildman–Crippen MR) is 110 cm³/mol. The third kappa shape index (κ3) is 2.49. The van der Waals surface area contributed by atoms with Gasteiger partial charge in [0.1, 0.15) is 11.3 Å². The Balaban J connectivity index is 1.34. The molecule has 29 heavy (non-hydrogen) atoms. The summed E-state index contributed by atoms with van der Waals surface area (Å²) in [6.45, 7) is 0. The van der Waals surface area contributed by atoms with Gasteiger partial charge in [-0.05, 0) is 74.5 Å². The summed E-state index contributed by atoms with van der Waals surface area (Å²) in [6.07, 6.45) is 7.01. The van der Waals surface area contributed by atoms with Crippen LogP contribution >= 0.6 is 0 Å². The molecule has 1 N–H and O–H groups in total. The van der Waals surface area contributed by atoms with Gasteiger partial charge in [-0.3, -0.25) is 10.1 Å². The fourth-order valence-corrected chi connectivity index (χ4v) is 6.64. The zero-order chi connectivity index (χ0) is 19.8. The van der Waals surface area contributed by atoms with Crippen molar-refractivity contribution in [1.82, 2.24) is 19.7 Å². The van der Waals surface area contributed by atoms with E-state index in [-0.39, 0.29) is 11.3 Å². The van der Waals surface area contributed by atoms with Crippen molar-refractivity contribution < 1.29 is 9.53 Å². The summed E-state index contributed by atoms with van der Waals surface area (Å²) >= 11 is 0. The average molecular weight is 391 g/mol. The minimum atomic E-state index is -0.223. The van der Waals surface area contributed by atoms with Gasteiger partial charge in [-0.15, -0.1) is 10.2 Å². The van der Waals surface area contributed by atoms with Gasteiger partial charge in [0.05, 0.1) is 18.0 Å². The molecule has 4 aliphatic carbocycles. The molecule has 0 atom stereocenters. The van der Waals surface area contributed by atoms with Crippen molar-refractivity contribution in [2.24, 2.45) is 30.2 Å². The second-order valence-electron chi connectivity index (χ2n) is 9.40. The molecule has 150 valence electrons. The first-order valence-corrected chi connectivity index (χ1v) is 10.5. The maximum absolute atomic E-state index is 13.3. The Hall–Kier alpha value is -2.70. The predicted octanol–water partition coefficient (Wildman–Crippen LogP) is 3.68. The fraction of sp³-hybridized carbons (Fsp3) is 0.545. The molecule has 7 nitrogen and oxygen atoms in total. The molecule has 2 heterocycles. The van der Waals surface area contributed by atoms with Crippen molar-refractivity contribution in [3.63, 3.8) is 0 Å². The third-order valence-electron chi connectivity index (χ3n) is 7.55. The van der Waals surface area contributed by atoms with E-state index in [2.05, 4.69) is 20.5 Å². The highest BCUT2D eigenvalue weighted by atomic mass is 16.5. The van der Waals surface area contributed by atoms with E-state index in [4.69, 9.17) is 4.74 Å². The number of carbonyl (C=O) groups is 1. The number of benzene rings is 1. The lowest BCUT2D eigenvalue weighted by Crippen LogP contribution is -2.51. The van der Waals surface area contributed by atoms with Gasteiger partial charge in [0.2, 0.25) is 5.91 Å². The lowest BCUT2D eigenvalue weighted by molar-refractivity contribution is -0.140. The van der Waals surface area contributed by atoms with E-state index in [9.17, 15) is 4.79 Å². The van der Waals surface area contributed by atoms with Crippen LogP contribution in [0.3, 0.4) is 0 Å². The summed E-state index contributed by atoms with van der Waals surface area (Å²) in [5.41, 5.74) is 2.21. The SMILES string of the molecule is COc1ccc2c(c1)c1nnc(NC(=O)C34CC5CC(CC(C5)C3)C4)nc1n2C. The number of hydrogen-bond acceptors (Lipinski definition) is 5. The summed E-state index contributed by atoms with van der Waals surface area (Å²) in [5.74, 6) is 3.34. The number of methoxy groups -OCH3 is 1. The van der Waals surface area contributed by atoms with E-state index >= 15 is 0 Å². The van der Waals surface area contributed by atoms with Crippen molar-refractivity contribution in [3.8, 4) is 5.75 Å². The van der Waals surface area contributed by atoms with Crippen LogP contribution in [0.2, 0.25) is 0 Å². The Morgan fingerprint density at radius 1 is 1.14 bits per heavy atom. The molecule has 3 aromatic rings. The first-order valence-electron chi connectivity index (χ1n) is 10.5. The topological polar surface area (TPSA) is 81.9 Å². The molecular formula is C22H25N5O2. The number of nitrogens with one attached hydrogen (secondary N) is 1. The minimum Gasteiger partial charge on any atom is -0.497 e. The Morgan fingerprint density at radius 3 is 2.48 bits per heavy atom. The number of nitrogens with zero attached hydrogens (tertiary/aromatic N) is 4. The molecule has 4 aliphatic rings. The molecule has 0 radical (unpaired) electrons. The van der Waals surface area contributed by atoms with Crippen molar-refractivity contribution >= 4 is 33.9 Å². The van der Waals surface area contributed by atoms with Crippen LogP contribution in [-0.4, -0.2) is 32.8 Å². The van der Waals surface area contributed by atoms with Crippen LogP contribution in [0.4, 0.5) is 5.95 Å². The van der Waals surface area contributed by atoms with Crippen molar-refractivity contribution in [3.05, 3.63) is 18.2 Å². The molecule has 0 aliphatic heterocycles. The van der Waals surface area contributed by atoms with E-state index in [1.54, 1.807) is 7.11 Å². The van der Waals surface area contributed by atoms with Gasteiger partial charge in [0.15, 0.2) is 5.65 Å². The standard InChI is InChI=1S/C22H25N5O2/c1-27-17-4-3-15(29-2)8-16(17)18-19(27)23-21(26-25-18)24-20(28)22-9-12-5-13(10-22)7-14(6-12)11-22/h3-4,8,12-14H,5-7,9-11H2,1-2H3,(H,23,24,26,28). The summed E-state index contributed by atoms with van der Waals surface area (Å²) in [4.78, 5) is 18.0. The maximum Gasteiger partial charge on any atom is 0.251 e. The van der Waals surface area contributed by atoms with Crippen molar-refractivity contribution in [2.45, 2.75) is 38.5 Å². The molecule has 0 spiro atoms. The van der Waals surface area contributed by atoms with Gasteiger partial charge < -0.3 is 9.30 Å². The zero-order valence-corrected chi connectivity index (χ0v) is 16.8. The number of aryl methyl sites for hydroxylation is 1. The minimum absolute atomic E-state index is 0.0955. The Labute approximate surface area is 168 Å². The Morgan fingerprint density at radius 2 is 1.83 bits per heavy atom. The normalized spacial score (nSPS) is 30.2. The number of amides is 1. The number of carbonyl (C=O) groups excluding carboxylic acids is 1. The van der Waals surface area contributed by atoms with E-state index in [0.717, 1.165) is 53.7 Å². The number of aromatic nitrogens is 4. The Kier molecular flexibility index (Phi) is 3.50. The molecule has 2 aromatic heterocycles. The molecule has 4 bridgehead atoms. The van der Waals surface area contributed by atoms with Crippen LogP contribution in [0.15, 0.2) is 18.2 Å². The van der Waals surface area contributed by atoms with E-state index in [1.165, 1.54) is 19.3 Å². The lowest BCUT2D eigenvalue weighted by Gasteiger charge is -2.55. The number of rotatable bonds is 3. The van der Waals surface area contributed by atoms with Crippen LogP contribution in [-0.2, 0) is 11.8 Å². The van der Waals surface area contributed by atoms with Crippen molar-refractivity contribution in [2.75, 3.05) is 12.4 Å². The van der Waals surface area contributed by atoms with Gasteiger partial charge in [0.25, 0.3) is 5.95 Å². The largest absolute Gasteiger partial charge is 0.497 e. The first-order chi connectivity index (χ1) is 14.0. The molecule has 4 saturated carbocycles. The van der Waals surface area contributed by atoms with Crippen LogP contribution in [0.25, 0.3) is 22.1 Å². The van der Waals surface area contributed by atoms with Crippen LogP contribution in [0.1, 0.15) is 38.5 Å². The molecule has 7 rings (SSSR count). The third-order valence-corrected chi connectivity index (χ3v) is 7.55. The number of fused-ring (bicyclic) bond motifs is 3. The molecule has 7 heteroatoms.